The highest BCUT2D eigenvalue weighted by molar-refractivity contribution is 9.09. The molecule has 8 nitrogen and oxygen atoms in total. The molecule has 3 atom stereocenters. The van der Waals surface area contributed by atoms with Gasteiger partial charge in [0.1, 0.15) is 11.8 Å². The molecular formula is C14H20BrN5O3. The molecule has 2 N–H and O–H groups in total. The molecule has 0 bridgehead atoms. The molecule has 2 aromatic rings. The molecule has 0 radical (unpaired) electrons. The highest BCUT2D eigenvalue weighted by Crippen LogP contribution is 2.33. The first-order chi connectivity index (χ1) is 11.1. The lowest BCUT2D eigenvalue weighted by Crippen LogP contribution is -2.44. The zero-order valence-corrected chi connectivity index (χ0v) is 14.7. The standard InChI is InChI=1S/C14H20BrN5O3/c1-14(21-2,13(15)23-9-5-3-4-6-22-9)20-8-19-10-11(16)17-7-18-12(10)20/h7-9,13H,3-6H2,1-2H3,(H2,16,17,18). The van der Waals surface area contributed by atoms with Crippen molar-refractivity contribution in [1.82, 2.24) is 19.5 Å². The van der Waals surface area contributed by atoms with E-state index in [0.717, 1.165) is 19.3 Å². The van der Waals surface area contributed by atoms with Crippen LogP contribution < -0.4 is 5.73 Å². The van der Waals surface area contributed by atoms with Crippen LogP contribution in [0.25, 0.3) is 11.2 Å². The lowest BCUT2D eigenvalue weighted by Gasteiger charge is -2.36. The summed E-state index contributed by atoms with van der Waals surface area (Å²) in [5.74, 6) is 0.329. The first kappa shape index (κ1) is 16.6. The zero-order chi connectivity index (χ0) is 16.4. The van der Waals surface area contributed by atoms with Gasteiger partial charge in [0.05, 0.1) is 6.33 Å². The van der Waals surface area contributed by atoms with E-state index in [0.29, 0.717) is 23.6 Å². The highest BCUT2D eigenvalue weighted by Gasteiger charge is 2.39. The minimum Gasteiger partial charge on any atom is -0.382 e. The third-order valence-electron chi connectivity index (χ3n) is 4.08. The van der Waals surface area contributed by atoms with Crippen LogP contribution in [0.2, 0.25) is 0 Å². The Morgan fingerprint density at radius 2 is 2.26 bits per heavy atom. The molecule has 3 unspecified atom stereocenters. The Kier molecular flexibility index (Phi) is 4.81. The number of alkyl halides is 1. The van der Waals surface area contributed by atoms with Crippen LogP contribution in [0.15, 0.2) is 12.7 Å². The van der Waals surface area contributed by atoms with Crippen molar-refractivity contribution in [1.29, 1.82) is 0 Å². The molecule has 0 spiro atoms. The molecule has 23 heavy (non-hydrogen) atoms. The number of nitrogens with two attached hydrogens (primary N) is 1. The molecular weight excluding hydrogens is 366 g/mol. The number of hydrogen-bond acceptors (Lipinski definition) is 7. The fraction of sp³-hybridized carbons (Fsp3) is 0.643. The molecule has 1 fully saturated rings. The largest absolute Gasteiger partial charge is 0.382 e. The lowest BCUT2D eigenvalue weighted by molar-refractivity contribution is -0.220. The van der Waals surface area contributed by atoms with E-state index in [1.165, 1.54) is 6.33 Å². The van der Waals surface area contributed by atoms with E-state index in [2.05, 4.69) is 30.9 Å². The van der Waals surface area contributed by atoms with Gasteiger partial charge in [0.2, 0.25) is 0 Å². The van der Waals surface area contributed by atoms with Crippen LogP contribution in [-0.2, 0) is 19.9 Å². The summed E-state index contributed by atoms with van der Waals surface area (Å²) in [7, 11) is 1.61. The fourth-order valence-corrected chi connectivity index (χ4v) is 3.20. The average Bonchev–Trinajstić information content (AvgIpc) is 3.01. The summed E-state index contributed by atoms with van der Waals surface area (Å²) in [5, 5.41) is -0.461. The van der Waals surface area contributed by atoms with Gasteiger partial charge in [0, 0.05) is 13.7 Å². The van der Waals surface area contributed by atoms with Crippen LogP contribution in [0.5, 0.6) is 0 Å². The van der Waals surface area contributed by atoms with Crippen molar-refractivity contribution < 1.29 is 14.2 Å². The number of imidazole rings is 1. The molecule has 1 aliphatic rings. The molecule has 1 saturated heterocycles. The van der Waals surface area contributed by atoms with Gasteiger partial charge in [0.15, 0.2) is 28.5 Å². The quantitative estimate of drug-likeness (QED) is 0.785. The van der Waals surface area contributed by atoms with Crippen LogP contribution in [-0.4, -0.2) is 44.5 Å². The van der Waals surface area contributed by atoms with E-state index >= 15 is 0 Å². The zero-order valence-electron chi connectivity index (χ0n) is 13.1. The van der Waals surface area contributed by atoms with E-state index in [9.17, 15) is 0 Å². The van der Waals surface area contributed by atoms with Gasteiger partial charge in [-0.1, -0.05) is 15.9 Å². The van der Waals surface area contributed by atoms with Gasteiger partial charge in [-0.15, -0.1) is 0 Å². The predicted octanol–water partition coefficient (Wildman–Crippen LogP) is 1.99. The van der Waals surface area contributed by atoms with E-state index < -0.39 is 10.7 Å². The third kappa shape index (κ3) is 3.06. The van der Waals surface area contributed by atoms with Gasteiger partial charge in [-0.05, 0) is 26.2 Å². The first-order valence-electron chi connectivity index (χ1n) is 7.46. The van der Waals surface area contributed by atoms with Crippen molar-refractivity contribution >= 4 is 32.9 Å². The molecule has 1 aliphatic heterocycles. The number of rotatable bonds is 5. The SMILES string of the molecule is COC(C)(C(Br)OC1CCCCO1)n1cnc2c(N)ncnc21. The Balaban J connectivity index is 1.90. The number of nitrogens with zero attached hydrogens (tertiary/aromatic N) is 4. The van der Waals surface area contributed by atoms with Crippen molar-refractivity contribution in [2.75, 3.05) is 19.5 Å². The summed E-state index contributed by atoms with van der Waals surface area (Å²) in [6.07, 6.45) is 5.79. The number of ether oxygens (including phenoxy) is 3. The van der Waals surface area contributed by atoms with Crippen LogP contribution in [0.1, 0.15) is 26.2 Å². The molecule has 3 heterocycles. The Labute approximate surface area is 142 Å². The lowest BCUT2D eigenvalue weighted by atomic mass is 10.2. The Morgan fingerprint density at radius 1 is 1.43 bits per heavy atom. The average molecular weight is 386 g/mol. The van der Waals surface area contributed by atoms with Gasteiger partial charge < -0.3 is 19.9 Å². The summed E-state index contributed by atoms with van der Waals surface area (Å²) < 4.78 is 19.1. The van der Waals surface area contributed by atoms with Crippen LogP contribution in [0.4, 0.5) is 5.82 Å². The summed E-state index contributed by atoms with van der Waals surface area (Å²) in [6, 6.07) is 0. The van der Waals surface area contributed by atoms with Gasteiger partial charge >= 0.3 is 0 Å². The number of halogens is 1. The summed E-state index contributed by atoms with van der Waals surface area (Å²) in [6.45, 7) is 2.60. The van der Waals surface area contributed by atoms with Crippen LogP contribution >= 0.6 is 15.9 Å². The minimum absolute atomic E-state index is 0.253. The maximum Gasteiger partial charge on any atom is 0.180 e. The first-order valence-corrected chi connectivity index (χ1v) is 8.38. The molecule has 3 rings (SSSR count). The smallest absolute Gasteiger partial charge is 0.180 e. The normalized spacial score (nSPS) is 22.8. The van der Waals surface area contributed by atoms with Gasteiger partial charge in [-0.2, -0.15) is 0 Å². The molecule has 2 aromatic heterocycles. The third-order valence-corrected chi connectivity index (χ3v) is 5.15. The monoisotopic (exact) mass is 385 g/mol. The van der Waals surface area contributed by atoms with Crippen molar-refractivity contribution in [2.24, 2.45) is 0 Å². The molecule has 9 heteroatoms. The van der Waals surface area contributed by atoms with Crippen molar-refractivity contribution in [3.05, 3.63) is 12.7 Å². The minimum atomic E-state index is -0.879. The van der Waals surface area contributed by atoms with Gasteiger partial charge in [0.25, 0.3) is 0 Å². The van der Waals surface area contributed by atoms with E-state index in [1.807, 2.05) is 6.92 Å². The number of aromatic nitrogens is 4. The maximum absolute atomic E-state index is 6.00. The predicted molar refractivity (Wildman–Crippen MR) is 87.8 cm³/mol. The van der Waals surface area contributed by atoms with Crippen molar-refractivity contribution in [3.8, 4) is 0 Å². The topological polar surface area (TPSA) is 97.3 Å². The number of methoxy groups -OCH3 is 1. The Morgan fingerprint density at radius 3 is 2.96 bits per heavy atom. The number of fused-ring (bicyclic) bond motifs is 1. The summed E-state index contributed by atoms with van der Waals surface area (Å²) in [5.41, 5.74) is 6.09. The van der Waals surface area contributed by atoms with E-state index in [1.54, 1.807) is 18.0 Å². The van der Waals surface area contributed by atoms with Crippen LogP contribution in [0.3, 0.4) is 0 Å². The van der Waals surface area contributed by atoms with E-state index in [4.69, 9.17) is 19.9 Å². The van der Waals surface area contributed by atoms with Gasteiger partial charge in [-0.3, -0.25) is 4.57 Å². The Hall–Kier alpha value is -1.29. The summed E-state index contributed by atoms with van der Waals surface area (Å²) in [4.78, 5) is 12.5. The number of anilines is 1. The second-order valence-corrected chi connectivity index (χ2v) is 6.38. The fourth-order valence-electron chi connectivity index (χ4n) is 2.56. The van der Waals surface area contributed by atoms with E-state index in [-0.39, 0.29) is 6.29 Å². The number of hydrogen-bond donors (Lipinski definition) is 1. The van der Waals surface area contributed by atoms with Crippen molar-refractivity contribution in [2.45, 2.75) is 43.2 Å². The molecule has 0 amide bonds. The molecule has 0 aliphatic carbocycles. The number of nitrogen functional groups attached to an aromatic ring is 1. The van der Waals surface area contributed by atoms with Gasteiger partial charge in [-0.25, -0.2) is 15.0 Å². The molecule has 0 saturated carbocycles. The highest BCUT2D eigenvalue weighted by atomic mass is 79.9. The van der Waals surface area contributed by atoms with Crippen LogP contribution in [0, 0.1) is 0 Å². The molecule has 0 aromatic carbocycles. The maximum atomic E-state index is 6.00. The van der Waals surface area contributed by atoms with Crippen molar-refractivity contribution in [3.63, 3.8) is 0 Å². The Bertz CT molecular complexity index is 675. The molecule has 126 valence electrons. The summed E-state index contributed by atoms with van der Waals surface area (Å²) >= 11 is 3.57. The second-order valence-electron chi connectivity index (χ2n) is 5.55. The second kappa shape index (κ2) is 6.68.